The number of amides is 2. The molecule has 154 valence electrons. The van der Waals surface area contributed by atoms with Gasteiger partial charge in [-0.2, -0.15) is 0 Å². The number of nitrogens with zero attached hydrogens (tertiary/aromatic N) is 3. The number of piperazine rings is 1. The standard InChI is InChI=1S/C21H33N5O2/c1-3-4-8-19(27)24-17-14-18(21(28)26-11-6-5-7-16(26)2)20(23-15-17)25-12-9-22-10-13-25/h14-16,22H,3-13H2,1-2H3,(H,24,27). The lowest BCUT2D eigenvalue weighted by molar-refractivity contribution is -0.116. The highest BCUT2D eigenvalue weighted by Crippen LogP contribution is 2.27. The van der Waals surface area contributed by atoms with Gasteiger partial charge in [0, 0.05) is 45.2 Å². The van der Waals surface area contributed by atoms with Crippen LogP contribution in [0.15, 0.2) is 12.3 Å². The molecule has 1 aromatic heterocycles. The van der Waals surface area contributed by atoms with E-state index in [1.807, 2.05) is 11.0 Å². The van der Waals surface area contributed by atoms with E-state index in [9.17, 15) is 9.59 Å². The van der Waals surface area contributed by atoms with Gasteiger partial charge < -0.3 is 20.4 Å². The number of pyridine rings is 1. The number of hydrogen-bond acceptors (Lipinski definition) is 5. The molecule has 1 atom stereocenters. The summed E-state index contributed by atoms with van der Waals surface area (Å²) in [6.45, 7) is 8.37. The molecule has 0 aliphatic carbocycles. The lowest BCUT2D eigenvalue weighted by Gasteiger charge is -2.35. The van der Waals surface area contributed by atoms with E-state index in [1.54, 1.807) is 6.20 Å². The Balaban J connectivity index is 1.86. The van der Waals surface area contributed by atoms with Crippen molar-refractivity contribution in [3.05, 3.63) is 17.8 Å². The Morgan fingerprint density at radius 2 is 2.04 bits per heavy atom. The van der Waals surface area contributed by atoms with E-state index in [-0.39, 0.29) is 17.9 Å². The normalized spacial score (nSPS) is 20.1. The molecular formula is C21H33N5O2. The maximum absolute atomic E-state index is 13.4. The summed E-state index contributed by atoms with van der Waals surface area (Å²) in [6.07, 6.45) is 7.25. The zero-order valence-electron chi connectivity index (χ0n) is 17.2. The van der Waals surface area contributed by atoms with Crippen molar-refractivity contribution in [2.45, 2.75) is 58.4 Å². The quantitative estimate of drug-likeness (QED) is 0.785. The van der Waals surface area contributed by atoms with Crippen LogP contribution in [-0.2, 0) is 4.79 Å². The molecule has 2 aliphatic rings. The molecule has 0 bridgehead atoms. The van der Waals surface area contributed by atoms with Gasteiger partial charge in [-0.05, 0) is 38.7 Å². The van der Waals surface area contributed by atoms with Crippen molar-refractivity contribution < 1.29 is 9.59 Å². The van der Waals surface area contributed by atoms with Gasteiger partial charge in [0.1, 0.15) is 5.82 Å². The molecule has 1 unspecified atom stereocenters. The van der Waals surface area contributed by atoms with Crippen LogP contribution in [0.2, 0.25) is 0 Å². The van der Waals surface area contributed by atoms with E-state index in [2.05, 4.69) is 34.4 Å². The number of hydrogen-bond donors (Lipinski definition) is 2. The van der Waals surface area contributed by atoms with Crippen LogP contribution in [0.4, 0.5) is 11.5 Å². The molecule has 2 saturated heterocycles. The fraction of sp³-hybridized carbons (Fsp3) is 0.667. The molecule has 0 saturated carbocycles. The highest BCUT2D eigenvalue weighted by molar-refractivity contribution is 6.01. The molecule has 2 N–H and O–H groups in total. The van der Waals surface area contributed by atoms with Crippen molar-refractivity contribution in [1.29, 1.82) is 0 Å². The van der Waals surface area contributed by atoms with Crippen LogP contribution >= 0.6 is 0 Å². The first-order valence-corrected chi connectivity index (χ1v) is 10.7. The molecule has 7 heteroatoms. The van der Waals surface area contributed by atoms with Crippen molar-refractivity contribution in [3.8, 4) is 0 Å². The second-order valence-corrected chi connectivity index (χ2v) is 7.83. The monoisotopic (exact) mass is 387 g/mol. The average molecular weight is 388 g/mol. The summed E-state index contributed by atoms with van der Waals surface area (Å²) in [5, 5.41) is 6.25. The van der Waals surface area contributed by atoms with E-state index >= 15 is 0 Å². The van der Waals surface area contributed by atoms with Gasteiger partial charge >= 0.3 is 0 Å². The lowest BCUT2D eigenvalue weighted by Crippen LogP contribution is -2.46. The fourth-order valence-electron chi connectivity index (χ4n) is 3.93. The van der Waals surface area contributed by atoms with Crippen LogP contribution in [0, 0.1) is 0 Å². The second-order valence-electron chi connectivity index (χ2n) is 7.83. The van der Waals surface area contributed by atoms with Crippen LogP contribution in [0.3, 0.4) is 0 Å². The third-order valence-electron chi connectivity index (χ3n) is 5.62. The SMILES string of the molecule is CCCCC(=O)Nc1cnc(N2CCNCC2)c(C(=O)N2CCCCC2C)c1. The minimum absolute atomic E-state index is 0.0247. The van der Waals surface area contributed by atoms with Gasteiger partial charge in [-0.1, -0.05) is 13.3 Å². The Morgan fingerprint density at radius 1 is 1.25 bits per heavy atom. The summed E-state index contributed by atoms with van der Waals surface area (Å²) >= 11 is 0. The molecule has 0 radical (unpaired) electrons. The van der Waals surface area contributed by atoms with Gasteiger partial charge in [0.05, 0.1) is 17.4 Å². The summed E-state index contributed by atoms with van der Waals surface area (Å²) in [6, 6.07) is 2.05. The molecule has 0 spiro atoms. The Kier molecular flexibility index (Phi) is 7.25. The lowest BCUT2D eigenvalue weighted by atomic mass is 10.0. The Hall–Kier alpha value is -2.15. The van der Waals surface area contributed by atoms with Crippen LogP contribution in [0.25, 0.3) is 0 Å². The summed E-state index contributed by atoms with van der Waals surface area (Å²) < 4.78 is 0. The predicted molar refractivity (Wildman–Crippen MR) is 112 cm³/mol. The van der Waals surface area contributed by atoms with Crippen molar-refractivity contribution in [2.24, 2.45) is 0 Å². The molecule has 3 heterocycles. The third kappa shape index (κ3) is 5.01. The number of likely N-dealkylation sites (tertiary alicyclic amines) is 1. The van der Waals surface area contributed by atoms with E-state index in [4.69, 9.17) is 0 Å². The molecule has 2 amide bonds. The number of nitrogens with one attached hydrogen (secondary N) is 2. The first-order valence-electron chi connectivity index (χ1n) is 10.7. The highest BCUT2D eigenvalue weighted by Gasteiger charge is 2.28. The first-order chi connectivity index (χ1) is 13.6. The minimum atomic E-state index is -0.0247. The predicted octanol–water partition coefficient (Wildman–Crippen LogP) is 2.63. The van der Waals surface area contributed by atoms with Crippen LogP contribution < -0.4 is 15.5 Å². The number of aromatic nitrogens is 1. The molecule has 1 aromatic rings. The van der Waals surface area contributed by atoms with Gasteiger partial charge in [0.25, 0.3) is 5.91 Å². The number of carbonyl (C=O) groups excluding carboxylic acids is 2. The smallest absolute Gasteiger partial charge is 0.257 e. The third-order valence-corrected chi connectivity index (χ3v) is 5.62. The molecule has 2 aliphatic heterocycles. The Labute approximate surface area is 167 Å². The highest BCUT2D eigenvalue weighted by atomic mass is 16.2. The summed E-state index contributed by atoms with van der Waals surface area (Å²) in [4.78, 5) is 34.3. The topological polar surface area (TPSA) is 77.6 Å². The number of piperidine rings is 1. The number of carbonyl (C=O) groups is 2. The van der Waals surface area contributed by atoms with Crippen molar-refractivity contribution in [3.63, 3.8) is 0 Å². The average Bonchev–Trinajstić information content (AvgIpc) is 2.72. The summed E-state index contributed by atoms with van der Waals surface area (Å²) in [5.41, 5.74) is 1.21. The maximum atomic E-state index is 13.4. The molecule has 0 aromatic carbocycles. The summed E-state index contributed by atoms with van der Waals surface area (Å²) in [5.74, 6) is 0.733. The number of rotatable bonds is 6. The first kappa shape index (κ1) is 20.6. The summed E-state index contributed by atoms with van der Waals surface area (Å²) in [7, 11) is 0. The van der Waals surface area contributed by atoms with E-state index < -0.39 is 0 Å². The number of unbranched alkanes of at least 4 members (excludes halogenated alkanes) is 1. The van der Waals surface area contributed by atoms with Crippen LogP contribution in [0.5, 0.6) is 0 Å². The molecule has 28 heavy (non-hydrogen) atoms. The van der Waals surface area contributed by atoms with Crippen LogP contribution in [0.1, 0.15) is 62.7 Å². The second kappa shape index (κ2) is 9.87. The van der Waals surface area contributed by atoms with Gasteiger partial charge in [-0.25, -0.2) is 4.98 Å². The zero-order valence-corrected chi connectivity index (χ0v) is 17.2. The van der Waals surface area contributed by atoms with Crippen LogP contribution in [-0.4, -0.2) is 60.5 Å². The van der Waals surface area contributed by atoms with Crippen molar-refractivity contribution in [1.82, 2.24) is 15.2 Å². The van der Waals surface area contributed by atoms with Gasteiger partial charge in [-0.15, -0.1) is 0 Å². The molecule has 3 rings (SSSR count). The Morgan fingerprint density at radius 3 is 2.75 bits per heavy atom. The molecule has 2 fully saturated rings. The fourth-order valence-corrected chi connectivity index (χ4v) is 3.93. The zero-order chi connectivity index (χ0) is 19.9. The molecular weight excluding hydrogens is 354 g/mol. The van der Waals surface area contributed by atoms with Crippen molar-refractivity contribution >= 4 is 23.3 Å². The van der Waals surface area contributed by atoms with Crippen molar-refractivity contribution in [2.75, 3.05) is 42.9 Å². The van der Waals surface area contributed by atoms with Gasteiger partial charge in [-0.3, -0.25) is 9.59 Å². The number of anilines is 2. The maximum Gasteiger partial charge on any atom is 0.257 e. The molecule has 7 nitrogen and oxygen atoms in total. The van der Waals surface area contributed by atoms with Gasteiger partial charge in [0.15, 0.2) is 0 Å². The van der Waals surface area contributed by atoms with Gasteiger partial charge in [0.2, 0.25) is 5.91 Å². The Bertz CT molecular complexity index is 687. The minimum Gasteiger partial charge on any atom is -0.353 e. The van der Waals surface area contributed by atoms with E-state index in [0.29, 0.717) is 17.7 Å². The van der Waals surface area contributed by atoms with E-state index in [0.717, 1.165) is 64.2 Å². The van der Waals surface area contributed by atoms with E-state index in [1.165, 1.54) is 6.42 Å². The largest absolute Gasteiger partial charge is 0.353 e.